The molecule has 2 heterocycles. The Morgan fingerprint density at radius 3 is 2.64 bits per heavy atom. The van der Waals surface area contributed by atoms with Crippen molar-refractivity contribution >= 4 is 11.9 Å². The van der Waals surface area contributed by atoms with Crippen LogP contribution in [0.2, 0.25) is 0 Å². The summed E-state index contributed by atoms with van der Waals surface area (Å²) in [5, 5.41) is 19.4. The third kappa shape index (κ3) is 2.80. The molecule has 0 radical (unpaired) electrons. The lowest BCUT2D eigenvalue weighted by Crippen LogP contribution is -2.43. The van der Waals surface area contributed by atoms with Gasteiger partial charge in [-0.1, -0.05) is 0 Å². The fraction of sp³-hybridized carbons (Fsp3) is 0.357. The molecule has 114 valence electrons. The van der Waals surface area contributed by atoms with E-state index in [4.69, 9.17) is 9.52 Å². The predicted molar refractivity (Wildman–Crippen MR) is 73.5 cm³/mol. The van der Waals surface area contributed by atoms with Crippen LogP contribution in [0.15, 0.2) is 22.7 Å². The van der Waals surface area contributed by atoms with Crippen molar-refractivity contribution in [3.05, 3.63) is 41.4 Å². The Balaban J connectivity index is 1.54. The van der Waals surface area contributed by atoms with E-state index in [1.807, 2.05) is 0 Å². The number of aromatic carboxylic acids is 1. The number of rotatable bonds is 4. The van der Waals surface area contributed by atoms with E-state index in [1.54, 1.807) is 6.92 Å². The molecule has 2 aromatic rings. The van der Waals surface area contributed by atoms with E-state index in [0.717, 1.165) is 12.8 Å². The number of carbonyl (C=O) groups excluding carboxylic acids is 1. The van der Waals surface area contributed by atoms with Crippen LogP contribution in [0.1, 0.15) is 51.4 Å². The molecule has 1 aliphatic carbocycles. The Morgan fingerprint density at radius 2 is 2.09 bits per heavy atom. The average molecular weight is 302 g/mol. The van der Waals surface area contributed by atoms with Gasteiger partial charge in [0, 0.05) is 25.1 Å². The van der Waals surface area contributed by atoms with Crippen LogP contribution in [0.5, 0.6) is 0 Å². The molecule has 8 heteroatoms. The van der Waals surface area contributed by atoms with Crippen LogP contribution >= 0.6 is 0 Å². The van der Waals surface area contributed by atoms with Gasteiger partial charge < -0.3 is 14.8 Å². The number of nitrogens with one attached hydrogen (secondary N) is 1. The Labute approximate surface area is 125 Å². The predicted octanol–water partition coefficient (Wildman–Crippen LogP) is 1.15. The number of aromatic nitrogens is 3. The summed E-state index contributed by atoms with van der Waals surface area (Å²) in [6.07, 6.45) is 2.64. The van der Waals surface area contributed by atoms with E-state index in [1.165, 1.54) is 18.3 Å². The molecule has 2 N–H and O–H groups in total. The van der Waals surface area contributed by atoms with E-state index in [2.05, 4.69) is 20.5 Å². The highest BCUT2D eigenvalue weighted by atomic mass is 16.4. The van der Waals surface area contributed by atoms with Gasteiger partial charge in [0.05, 0.1) is 5.56 Å². The van der Waals surface area contributed by atoms with Crippen LogP contribution in [-0.4, -0.2) is 38.2 Å². The first-order chi connectivity index (χ1) is 10.5. The molecule has 0 atom stereocenters. The van der Waals surface area contributed by atoms with E-state index >= 15 is 0 Å². The minimum Gasteiger partial charge on any atom is -0.478 e. The topological polar surface area (TPSA) is 118 Å². The van der Waals surface area contributed by atoms with Crippen molar-refractivity contribution in [2.75, 3.05) is 0 Å². The van der Waals surface area contributed by atoms with Gasteiger partial charge in [0.25, 0.3) is 5.91 Å². The quantitative estimate of drug-likeness (QED) is 0.869. The first-order valence-corrected chi connectivity index (χ1v) is 6.83. The van der Waals surface area contributed by atoms with Crippen molar-refractivity contribution in [1.29, 1.82) is 0 Å². The molecule has 3 rings (SSSR count). The second-order valence-electron chi connectivity index (χ2n) is 5.24. The van der Waals surface area contributed by atoms with Gasteiger partial charge >= 0.3 is 5.97 Å². The first kappa shape index (κ1) is 14.2. The molecule has 1 amide bonds. The average Bonchev–Trinajstić information content (AvgIpc) is 2.88. The van der Waals surface area contributed by atoms with E-state index in [-0.39, 0.29) is 29.1 Å². The van der Waals surface area contributed by atoms with Crippen LogP contribution in [0.25, 0.3) is 0 Å². The molecule has 0 aliphatic heterocycles. The number of carboxylic acid groups (broad SMARTS) is 1. The maximum atomic E-state index is 12.0. The standard InChI is InChI=1S/C14H14N4O4/c1-7-17-18-13(22-7)9-4-10(5-9)16-12(19)11-3-2-8(6-15-11)14(20)21/h2-3,6,9-10H,4-5H2,1H3,(H,16,19)(H,20,21). The molecule has 0 bridgehead atoms. The van der Waals surface area contributed by atoms with Gasteiger partial charge in [-0.2, -0.15) is 0 Å². The Morgan fingerprint density at radius 1 is 1.32 bits per heavy atom. The normalized spacial score (nSPS) is 20.2. The number of nitrogens with zero attached hydrogens (tertiary/aromatic N) is 3. The molecule has 0 unspecified atom stereocenters. The molecule has 1 saturated carbocycles. The Hall–Kier alpha value is -2.77. The molecule has 2 aromatic heterocycles. The molecule has 0 saturated heterocycles. The second kappa shape index (κ2) is 5.55. The lowest BCUT2D eigenvalue weighted by molar-refractivity contribution is 0.0695. The summed E-state index contributed by atoms with van der Waals surface area (Å²) in [4.78, 5) is 26.6. The maximum absolute atomic E-state index is 12.0. The fourth-order valence-electron chi connectivity index (χ4n) is 2.33. The van der Waals surface area contributed by atoms with Gasteiger partial charge in [-0.25, -0.2) is 4.79 Å². The monoisotopic (exact) mass is 302 g/mol. The third-order valence-corrected chi connectivity index (χ3v) is 3.61. The van der Waals surface area contributed by atoms with Gasteiger partial charge in [-0.05, 0) is 25.0 Å². The second-order valence-corrected chi connectivity index (χ2v) is 5.24. The summed E-state index contributed by atoms with van der Waals surface area (Å²) in [5.41, 5.74) is 0.245. The van der Waals surface area contributed by atoms with E-state index < -0.39 is 5.97 Å². The van der Waals surface area contributed by atoms with Crippen molar-refractivity contribution in [3.63, 3.8) is 0 Å². The largest absolute Gasteiger partial charge is 0.478 e. The highest BCUT2D eigenvalue weighted by Crippen LogP contribution is 2.36. The zero-order chi connectivity index (χ0) is 15.7. The minimum atomic E-state index is -1.07. The molecule has 0 spiro atoms. The van der Waals surface area contributed by atoms with Gasteiger partial charge in [0.1, 0.15) is 5.69 Å². The third-order valence-electron chi connectivity index (χ3n) is 3.61. The number of hydrogen-bond acceptors (Lipinski definition) is 6. The fourth-order valence-corrected chi connectivity index (χ4v) is 2.33. The zero-order valence-electron chi connectivity index (χ0n) is 11.8. The number of aryl methyl sites for hydroxylation is 1. The number of amides is 1. The molecule has 0 aromatic carbocycles. The summed E-state index contributed by atoms with van der Waals surface area (Å²) in [6, 6.07) is 2.79. The summed E-state index contributed by atoms with van der Waals surface area (Å²) >= 11 is 0. The highest BCUT2D eigenvalue weighted by Gasteiger charge is 2.35. The van der Waals surface area contributed by atoms with Crippen LogP contribution in [-0.2, 0) is 0 Å². The van der Waals surface area contributed by atoms with Gasteiger partial charge in [-0.15, -0.1) is 10.2 Å². The minimum absolute atomic E-state index is 0.0330. The van der Waals surface area contributed by atoms with Crippen molar-refractivity contribution in [2.24, 2.45) is 0 Å². The highest BCUT2D eigenvalue weighted by molar-refractivity contribution is 5.94. The molecule has 8 nitrogen and oxygen atoms in total. The van der Waals surface area contributed by atoms with Crippen LogP contribution in [0.4, 0.5) is 0 Å². The van der Waals surface area contributed by atoms with Crippen molar-refractivity contribution < 1.29 is 19.1 Å². The van der Waals surface area contributed by atoms with Crippen molar-refractivity contribution in [3.8, 4) is 0 Å². The van der Waals surface area contributed by atoms with E-state index in [9.17, 15) is 9.59 Å². The molecular weight excluding hydrogens is 288 g/mol. The van der Waals surface area contributed by atoms with Gasteiger partial charge in [0.15, 0.2) is 0 Å². The summed E-state index contributed by atoms with van der Waals surface area (Å²) < 4.78 is 5.36. The lowest BCUT2D eigenvalue weighted by atomic mass is 9.80. The van der Waals surface area contributed by atoms with Gasteiger partial charge in [0.2, 0.25) is 11.8 Å². The van der Waals surface area contributed by atoms with Crippen LogP contribution in [0, 0.1) is 6.92 Å². The van der Waals surface area contributed by atoms with Crippen molar-refractivity contribution in [1.82, 2.24) is 20.5 Å². The lowest BCUT2D eigenvalue weighted by Gasteiger charge is -2.33. The van der Waals surface area contributed by atoms with Crippen LogP contribution in [0.3, 0.4) is 0 Å². The summed E-state index contributed by atoms with van der Waals surface area (Å²) in [5.74, 6) is -0.0794. The maximum Gasteiger partial charge on any atom is 0.337 e. The Kier molecular flexibility index (Phi) is 3.58. The molecular formula is C14H14N4O4. The van der Waals surface area contributed by atoms with E-state index in [0.29, 0.717) is 11.8 Å². The number of hydrogen-bond donors (Lipinski definition) is 2. The van der Waals surface area contributed by atoms with Crippen LogP contribution < -0.4 is 5.32 Å². The number of pyridine rings is 1. The Bertz CT molecular complexity index is 704. The molecule has 22 heavy (non-hydrogen) atoms. The zero-order valence-corrected chi connectivity index (χ0v) is 11.8. The number of carboxylic acids is 1. The summed E-state index contributed by atoms with van der Waals surface area (Å²) in [7, 11) is 0. The van der Waals surface area contributed by atoms with Crippen molar-refractivity contribution in [2.45, 2.75) is 31.7 Å². The smallest absolute Gasteiger partial charge is 0.337 e. The number of carbonyl (C=O) groups is 2. The molecule has 1 aliphatic rings. The summed E-state index contributed by atoms with van der Waals surface area (Å²) in [6.45, 7) is 1.74. The van der Waals surface area contributed by atoms with Gasteiger partial charge in [-0.3, -0.25) is 9.78 Å². The first-order valence-electron chi connectivity index (χ1n) is 6.83. The SMILES string of the molecule is Cc1nnc(C2CC(NC(=O)c3ccc(C(=O)O)cn3)C2)o1. The molecule has 1 fully saturated rings.